The lowest BCUT2D eigenvalue weighted by Crippen LogP contribution is -1.83. The van der Waals surface area contributed by atoms with E-state index in [2.05, 4.69) is 0 Å². The van der Waals surface area contributed by atoms with Gasteiger partial charge in [-0.1, -0.05) is 18.2 Å². The third-order valence-corrected chi connectivity index (χ3v) is 1.58. The molecule has 1 aromatic carbocycles. The van der Waals surface area contributed by atoms with Crippen molar-refractivity contribution in [3.63, 3.8) is 0 Å². The molecule has 0 saturated carbocycles. The molecule has 2 rings (SSSR count). The molecule has 0 aliphatic rings. The molecule has 10 heavy (non-hydrogen) atoms. The van der Waals surface area contributed by atoms with Gasteiger partial charge in [-0.15, -0.1) is 0 Å². The van der Waals surface area contributed by atoms with E-state index < -0.39 is 0 Å². The molecule has 0 aliphatic carbocycles. The molecule has 2 aromatic rings. The highest BCUT2D eigenvalue weighted by atomic mass is 16.5. The lowest BCUT2D eigenvalue weighted by atomic mass is 10.3. The number of hydrogen-bond acceptors (Lipinski definition) is 1. The fourth-order valence-corrected chi connectivity index (χ4v) is 1.07. The molecule has 0 unspecified atom stereocenters. The first-order chi connectivity index (χ1) is 4.88. The summed E-state index contributed by atoms with van der Waals surface area (Å²) < 4.78 is 1.12. The maximum Gasteiger partial charge on any atom is 0.0865 e. The SMILES string of the molecule is On1ccc2ccccc21. The van der Waals surface area contributed by atoms with Crippen molar-refractivity contribution in [1.29, 1.82) is 0 Å². The second kappa shape index (κ2) is 1.77. The Labute approximate surface area is 58.3 Å². The molecule has 0 atom stereocenters. The van der Waals surface area contributed by atoms with Crippen LogP contribution in [-0.2, 0) is 0 Å². The van der Waals surface area contributed by atoms with Crippen molar-refractivity contribution in [1.82, 2.24) is 4.73 Å². The number of para-hydroxylation sites is 1. The van der Waals surface area contributed by atoms with E-state index >= 15 is 0 Å². The second-order valence-corrected chi connectivity index (χ2v) is 2.22. The number of nitrogens with zero attached hydrogens (tertiary/aromatic N) is 1. The van der Waals surface area contributed by atoms with Crippen LogP contribution in [0.3, 0.4) is 0 Å². The number of hydrogen-bond donors (Lipinski definition) is 1. The predicted molar refractivity (Wildman–Crippen MR) is 39.1 cm³/mol. The summed E-state index contributed by atoms with van der Waals surface area (Å²) >= 11 is 0. The molecular formula is C8H7NO. The van der Waals surface area contributed by atoms with Gasteiger partial charge < -0.3 is 5.21 Å². The van der Waals surface area contributed by atoms with E-state index in [0.29, 0.717) is 0 Å². The molecule has 0 aliphatic heterocycles. The molecule has 2 heteroatoms. The van der Waals surface area contributed by atoms with Gasteiger partial charge in [-0.2, -0.15) is 4.73 Å². The highest BCUT2D eigenvalue weighted by Crippen LogP contribution is 2.12. The van der Waals surface area contributed by atoms with Crippen molar-refractivity contribution >= 4 is 10.9 Å². The number of benzene rings is 1. The Bertz CT molecular complexity index is 351. The highest BCUT2D eigenvalue weighted by molar-refractivity contribution is 5.79. The molecule has 0 saturated heterocycles. The van der Waals surface area contributed by atoms with Crippen LogP contribution >= 0.6 is 0 Å². The smallest absolute Gasteiger partial charge is 0.0865 e. The van der Waals surface area contributed by atoms with Crippen molar-refractivity contribution in [2.45, 2.75) is 0 Å². The fourth-order valence-electron chi connectivity index (χ4n) is 1.07. The third kappa shape index (κ3) is 0.589. The van der Waals surface area contributed by atoms with Crippen molar-refractivity contribution in [2.24, 2.45) is 0 Å². The maximum absolute atomic E-state index is 9.13. The summed E-state index contributed by atoms with van der Waals surface area (Å²) in [6.07, 6.45) is 1.63. The minimum Gasteiger partial charge on any atom is -0.428 e. The molecule has 0 fully saturated rings. The molecule has 0 spiro atoms. The summed E-state index contributed by atoms with van der Waals surface area (Å²) in [5, 5.41) is 10.2. The van der Waals surface area contributed by atoms with Crippen molar-refractivity contribution in [3.05, 3.63) is 36.5 Å². The monoisotopic (exact) mass is 133 g/mol. The Morgan fingerprint density at radius 2 is 1.90 bits per heavy atom. The number of aromatic nitrogens is 1. The van der Waals surface area contributed by atoms with Crippen LogP contribution in [0.1, 0.15) is 0 Å². The van der Waals surface area contributed by atoms with Crippen LogP contribution in [0.5, 0.6) is 0 Å². The van der Waals surface area contributed by atoms with Gasteiger partial charge in [0.1, 0.15) is 0 Å². The first kappa shape index (κ1) is 5.35. The molecule has 0 amide bonds. The summed E-state index contributed by atoms with van der Waals surface area (Å²) in [6.45, 7) is 0. The molecule has 2 nitrogen and oxygen atoms in total. The average Bonchev–Trinajstić information content (AvgIpc) is 2.34. The lowest BCUT2D eigenvalue weighted by molar-refractivity contribution is 0.200. The van der Waals surface area contributed by atoms with Gasteiger partial charge in [-0.3, -0.25) is 0 Å². The van der Waals surface area contributed by atoms with Crippen LogP contribution in [0.25, 0.3) is 10.9 Å². The van der Waals surface area contributed by atoms with Crippen LogP contribution in [0, 0.1) is 0 Å². The standard InChI is InChI=1S/C8H7NO/c10-9-6-5-7-3-1-2-4-8(7)9/h1-6,10H. The van der Waals surface area contributed by atoms with Crippen LogP contribution in [0.4, 0.5) is 0 Å². The molecule has 1 N–H and O–H groups in total. The molecule has 50 valence electrons. The summed E-state index contributed by atoms with van der Waals surface area (Å²) in [4.78, 5) is 0. The summed E-state index contributed by atoms with van der Waals surface area (Å²) in [7, 11) is 0. The first-order valence-corrected chi connectivity index (χ1v) is 3.13. The van der Waals surface area contributed by atoms with Crippen LogP contribution < -0.4 is 0 Å². The lowest BCUT2D eigenvalue weighted by Gasteiger charge is -1.91. The molecule has 0 radical (unpaired) electrons. The highest BCUT2D eigenvalue weighted by Gasteiger charge is 1.94. The number of fused-ring (bicyclic) bond motifs is 1. The molecule has 0 bridgehead atoms. The van der Waals surface area contributed by atoms with Gasteiger partial charge in [0, 0.05) is 11.6 Å². The van der Waals surface area contributed by atoms with Crippen LogP contribution in [0.15, 0.2) is 36.5 Å². The zero-order valence-corrected chi connectivity index (χ0v) is 5.36. The van der Waals surface area contributed by atoms with E-state index in [1.165, 1.54) is 0 Å². The van der Waals surface area contributed by atoms with Gasteiger partial charge in [0.25, 0.3) is 0 Å². The van der Waals surface area contributed by atoms with Crippen molar-refractivity contribution in [2.75, 3.05) is 0 Å². The predicted octanol–water partition coefficient (Wildman–Crippen LogP) is 1.88. The Morgan fingerprint density at radius 3 is 2.70 bits per heavy atom. The Balaban J connectivity index is 2.93. The van der Waals surface area contributed by atoms with E-state index in [1.54, 1.807) is 6.20 Å². The molecule has 1 heterocycles. The van der Waals surface area contributed by atoms with E-state index in [0.717, 1.165) is 15.6 Å². The van der Waals surface area contributed by atoms with E-state index in [1.807, 2.05) is 30.3 Å². The van der Waals surface area contributed by atoms with Gasteiger partial charge >= 0.3 is 0 Å². The van der Waals surface area contributed by atoms with Crippen molar-refractivity contribution in [3.8, 4) is 0 Å². The van der Waals surface area contributed by atoms with Crippen LogP contribution in [0.2, 0.25) is 0 Å². The Hall–Kier alpha value is -1.44. The first-order valence-electron chi connectivity index (χ1n) is 3.13. The molecular weight excluding hydrogens is 126 g/mol. The van der Waals surface area contributed by atoms with E-state index in [9.17, 15) is 0 Å². The minimum atomic E-state index is 0.850. The van der Waals surface area contributed by atoms with Gasteiger partial charge in [-0.05, 0) is 12.1 Å². The normalized spacial score (nSPS) is 10.4. The quantitative estimate of drug-likeness (QED) is 0.545. The van der Waals surface area contributed by atoms with E-state index in [4.69, 9.17) is 5.21 Å². The Kier molecular flexibility index (Phi) is 0.947. The second-order valence-electron chi connectivity index (χ2n) is 2.22. The Morgan fingerprint density at radius 1 is 1.10 bits per heavy atom. The minimum absolute atomic E-state index is 0.850. The van der Waals surface area contributed by atoms with E-state index in [-0.39, 0.29) is 0 Å². The van der Waals surface area contributed by atoms with Gasteiger partial charge in [-0.25, -0.2) is 0 Å². The molecule has 1 aromatic heterocycles. The topological polar surface area (TPSA) is 25.2 Å². The fraction of sp³-hybridized carbons (Fsp3) is 0. The third-order valence-electron chi connectivity index (χ3n) is 1.58. The summed E-state index contributed by atoms with van der Waals surface area (Å²) in [6, 6.07) is 9.55. The largest absolute Gasteiger partial charge is 0.428 e. The zero-order valence-electron chi connectivity index (χ0n) is 5.36. The van der Waals surface area contributed by atoms with Gasteiger partial charge in [0.15, 0.2) is 0 Å². The summed E-state index contributed by atoms with van der Waals surface area (Å²) in [5.41, 5.74) is 0.850. The number of rotatable bonds is 0. The average molecular weight is 133 g/mol. The maximum atomic E-state index is 9.13. The van der Waals surface area contributed by atoms with Crippen LogP contribution in [-0.4, -0.2) is 9.94 Å². The zero-order chi connectivity index (χ0) is 6.97. The van der Waals surface area contributed by atoms with Gasteiger partial charge in [0.05, 0.1) is 5.52 Å². The van der Waals surface area contributed by atoms with Gasteiger partial charge in [0.2, 0.25) is 0 Å². The summed E-state index contributed by atoms with van der Waals surface area (Å²) in [5.74, 6) is 0. The van der Waals surface area contributed by atoms with Crippen molar-refractivity contribution < 1.29 is 5.21 Å².